The van der Waals surface area contributed by atoms with E-state index in [0.717, 1.165) is 11.3 Å². The van der Waals surface area contributed by atoms with Crippen LogP contribution in [0.1, 0.15) is 5.56 Å². The molecule has 0 atom stereocenters. The first kappa shape index (κ1) is 16.6. The molecule has 0 amide bonds. The van der Waals surface area contributed by atoms with Gasteiger partial charge in [0.25, 0.3) is 11.2 Å². The maximum absolute atomic E-state index is 12.8. The van der Waals surface area contributed by atoms with Gasteiger partial charge in [-0.2, -0.15) is 5.26 Å². The first-order chi connectivity index (χ1) is 13.1. The van der Waals surface area contributed by atoms with Gasteiger partial charge in [0.05, 0.1) is 21.6 Å². The van der Waals surface area contributed by atoms with Crippen LogP contribution in [0.5, 0.6) is 0 Å². The molecule has 2 aromatic heterocycles. The Morgan fingerprint density at radius 1 is 1.15 bits per heavy atom. The van der Waals surface area contributed by atoms with E-state index in [0.29, 0.717) is 16.6 Å². The maximum Gasteiger partial charge on any atom is 0.273 e. The van der Waals surface area contributed by atoms with Crippen LogP contribution in [0, 0.1) is 21.4 Å². The van der Waals surface area contributed by atoms with Crippen LogP contribution < -0.4 is 5.56 Å². The molecule has 4 aromatic rings. The first-order valence-corrected chi connectivity index (χ1v) is 8.76. The molecule has 27 heavy (non-hydrogen) atoms. The lowest BCUT2D eigenvalue weighted by Crippen LogP contribution is -2.21. The van der Waals surface area contributed by atoms with Crippen LogP contribution in [-0.2, 0) is 0 Å². The van der Waals surface area contributed by atoms with E-state index < -0.39 is 10.5 Å². The Labute approximate surface area is 156 Å². The van der Waals surface area contributed by atoms with Gasteiger partial charge in [0.2, 0.25) is 0 Å². The van der Waals surface area contributed by atoms with E-state index in [-0.39, 0.29) is 11.3 Å². The molecule has 0 N–H and O–H groups in total. The number of benzene rings is 2. The monoisotopic (exact) mass is 374 g/mol. The number of thiazole rings is 1. The van der Waals surface area contributed by atoms with Crippen molar-refractivity contribution >= 4 is 27.9 Å². The minimum absolute atomic E-state index is 0.00209. The molecule has 2 heterocycles. The van der Waals surface area contributed by atoms with Crippen LogP contribution >= 0.6 is 11.3 Å². The fourth-order valence-corrected chi connectivity index (χ4v) is 3.44. The van der Waals surface area contributed by atoms with E-state index in [4.69, 9.17) is 0 Å². The molecule has 0 aliphatic carbocycles. The molecule has 0 fully saturated rings. The molecule has 0 aliphatic rings. The van der Waals surface area contributed by atoms with Gasteiger partial charge < -0.3 is 0 Å². The molecular formula is C19H10N4O3S. The number of nitriles is 1. The van der Waals surface area contributed by atoms with Crippen molar-refractivity contribution < 1.29 is 4.92 Å². The van der Waals surface area contributed by atoms with Crippen LogP contribution in [0.4, 0.5) is 5.69 Å². The summed E-state index contributed by atoms with van der Waals surface area (Å²) in [5.41, 5.74) is 3.84. The molecule has 4 rings (SSSR count). The lowest BCUT2D eigenvalue weighted by Gasteiger charge is -2.12. The number of fused-ring (bicyclic) bond motifs is 1. The van der Waals surface area contributed by atoms with Crippen LogP contribution in [-0.4, -0.2) is 14.5 Å². The summed E-state index contributed by atoms with van der Waals surface area (Å²) in [5.74, 6) is 0. The minimum Gasteiger partial charge on any atom is -0.276 e. The quantitative estimate of drug-likeness (QED) is 0.400. The van der Waals surface area contributed by atoms with Crippen molar-refractivity contribution in [3.63, 3.8) is 0 Å². The summed E-state index contributed by atoms with van der Waals surface area (Å²) >= 11 is 1.47. The van der Waals surface area contributed by atoms with Crippen molar-refractivity contribution in [3.8, 4) is 23.0 Å². The molecule has 0 saturated carbocycles. The van der Waals surface area contributed by atoms with Crippen molar-refractivity contribution in [1.82, 2.24) is 9.55 Å². The summed E-state index contributed by atoms with van der Waals surface area (Å²) in [6.07, 6.45) is 0. The van der Waals surface area contributed by atoms with Gasteiger partial charge in [-0.15, -0.1) is 11.3 Å². The summed E-state index contributed by atoms with van der Waals surface area (Å²) < 4.78 is 1.40. The zero-order valence-electron chi connectivity index (χ0n) is 13.7. The molecule has 0 spiro atoms. The zero-order chi connectivity index (χ0) is 19.0. The highest BCUT2D eigenvalue weighted by Gasteiger charge is 2.14. The van der Waals surface area contributed by atoms with E-state index in [9.17, 15) is 20.2 Å². The SMILES string of the molecule is N#Cc1cc2ccc(-c3cscn3)cc2n(-c2ccc([N+](=O)[O-])cc2)c1=O. The number of hydrogen-bond donors (Lipinski definition) is 0. The fraction of sp³-hybridized carbons (Fsp3) is 0. The average Bonchev–Trinajstić information content (AvgIpc) is 3.22. The first-order valence-electron chi connectivity index (χ1n) is 7.82. The second kappa shape index (κ2) is 6.48. The van der Waals surface area contributed by atoms with E-state index in [1.807, 2.05) is 29.6 Å². The number of nitrogens with zero attached hydrogens (tertiary/aromatic N) is 4. The van der Waals surface area contributed by atoms with Gasteiger partial charge in [0.1, 0.15) is 11.6 Å². The van der Waals surface area contributed by atoms with Crippen LogP contribution in [0.3, 0.4) is 0 Å². The standard InChI is InChI=1S/C19H10N4O3S/c20-9-14-7-13-2-1-12(17-10-27-11-21-17)8-18(13)22(19(14)24)15-3-5-16(6-4-15)23(25)26/h1-8,10-11H. The van der Waals surface area contributed by atoms with Gasteiger partial charge in [-0.1, -0.05) is 12.1 Å². The molecule has 0 bridgehead atoms. The van der Waals surface area contributed by atoms with Gasteiger partial charge in [-0.25, -0.2) is 4.98 Å². The highest BCUT2D eigenvalue weighted by Crippen LogP contribution is 2.26. The molecule has 0 unspecified atom stereocenters. The third-order valence-corrected chi connectivity index (χ3v) is 4.76. The molecule has 0 aliphatic heterocycles. The Bertz CT molecular complexity index is 1270. The van der Waals surface area contributed by atoms with Gasteiger partial charge >= 0.3 is 0 Å². The summed E-state index contributed by atoms with van der Waals surface area (Å²) in [4.78, 5) is 27.5. The highest BCUT2D eigenvalue weighted by atomic mass is 32.1. The van der Waals surface area contributed by atoms with E-state index >= 15 is 0 Å². The van der Waals surface area contributed by atoms with Crippen LogP contribution in [0.2, 0.25) is 0 Å². The van der Waals surface area contributed by atoms with Gasteiger partial charge in [-0.3, -0.25) is 19.5 Å². The molecule has 0 saturated heterocycles. The average molecular weight is 374 g/mol. The van der Waals surface area contributed by atoms with Crippen molar-refractivity contribution in [2.75, 3.05) is 0 Å². The van der Waals surface area contributed by atoms with Crippen molar-refractivity contribution in [1.29, 1.82) is 5.26 Å². The van der Waals surface area contributed by atoms with E-state index in [1.165, 1.54) is 40.2 Å². The molecular weight excluding hydrogens is 364 g/mol. The number of aromatic nitrogens is 2. The normalized spacial score (nSPS) is 10.6. The Morgan fingerprint density at radius 2 is 1.93 bits per heavy atom. The Hall–Kier alpha value is -3.83. The second-order valence-electron chi connectivity index (χ2n) is 5.73. The topological polar surface area (TPSA) is 102 Å². The Kier molecular flexibility index (Phi) is 3.99. The van der Waals surface area contributed by atoms with Crippen molar-refractivity contribution in [2.45, 2.75) is 0 Å². The van der Waals surface area contributed by atoms with Gasteiger partial charge in [0, 0.05) is 34.1 Å². The number of pyridine rings is 1. The molecule has 8 heteroatoms. The van der Waals surface area contributed by atoms with Gasteiger partial charge in [-0.05, 0) is 24.3 Å². The lowest BCUT2D eigenvalue weighted by molar-refractivity contribution is -0.384. The predicted molar refractivity (Wildman–Crippen MR) is 102 cm³/mol. The number of nitro groups is 1. The molecule has 0 radical (unpaired) electrons. The lowest BCUT2D eigenvalue weighted by atomic mass is 10.1. The Balaban J connectivity index is 2.02. The number of non-ortho nitro benzene ring substituents is 1. The predicted octanol–water partition coefficient (Wildman–Crippen LogP) is 3.89. The number of hydrogen-bond acceptors (Lipinski definition) is 6. The minimum atomic E-state index is -0.503. The highest BCUT2D eigenvalue weighted by molar-refractivity contribution is 7.07. The van der Waals surface area contributed by atoms with E-state index in [1.54, 1.807) is 11.6 Å². The Morgan fingerprint density at radius 3 is 2.56 bits per heavy atom. The van der Waals surface area contributed by atoms with E-state index in [2.05, 4.69) is 4.98 Å². The number of rotatable bonds is 3. The smallest absolute Gasteiger partial charge is 0.273 e. The summed E-state index contributed by atoms with van der Waals surface area (Å²) in [5, 5.41) is 22.8. The van der Waals surface area contributed by atoms with Crippen LogP contribution in [0.25, 0.3) is 27.8 Å². The second-order valence-corrected chi connectivity index (χ2v) is 6.45. The molecule has 2 aromatic carbocycles. The van der Waals surface area contributed by atoms with Crippen molar-refractivity contribution in [2.24, 2.45) is 0 Å². The molecule has 7 nitrogen and oxygen atoms in total. The maximum atomic E-state index is 12.8. The fourth-order valence-electron chi connectivity index (χ4n) is 2.88. The largest absolute Gasteiger partial charge is 0.276 e. The van der Waals surface area contributed by atoms with Crippen LogP contribution in [0.15, 0.2) is 64.2 Å². The summed E-state index contributed by atoms with van der Waals surface area (Å²) in [6, 6.07) is 14.6. The summed E-state index contributed by atoms with van der Waals surface area (Å²) in [7, 11) is 0. The third kappa shape index (κ3) is 2.86. The molecule has 130 valence electrons. The van der Waals surface area contributed by atoms with Crippen molar-refractivity contribution in [3.05, 3.63) is 85.5 Å². The summed E-state index contributed by atoms with van der Waals surface area (Å²) in [6.45, 7) is 0. The number of nitro benzene ring substituents is 1. The third-order valence-electron chi connectivity index (χ3n) is 4.17. The van der Waals surface area contributed by atoms with Gasteiger partial charge in [0.15, 0.2) is 0 Å². The zero-order valence-corrected chi connectivity index (χ0v) is 14.5.